The summed E-state index contributed by atoms with van der Waals surface area (Å²) < 4.78 is 3.56. The Hall–Kier alpha value is -2.61. The maximum absolute atomic E-state index is 12.7. The number of thiophene rings is 1. The van der Waals surface area contributed by atoms with Crippen LogP contribution < -0.4 is 5.32 Å². The second-order valence-corrected chi connectivity index (χ2v) is 9.12. The van der Waals surface area contributed by atoms with E-state index >= 15 is 0 Å². The average molecular weight is 474 g/mol. The Morgan fingerprint density at radius 3 is 2.48 bits per heavy atom. The number of anilines is 1. The van der Waals surface area contributed by atoms with Crippen molar-refractivity contribution < 1.29 is 4.79 Å². The fourth-order valence-electron chi connectivity index (χ4n) is 3.19. The number of benzene rings is 1. The molecule has 0 aliphatic heterocycles. The molecule has 0 fully saturated rings. The lowest BCUT2D eigenvalue weighted by Crippen LogP contribution is -2.12. The van der Waals surface area contributed by atoms with Crippen LogP contribution >= 0.6 is 34.5 Å². The molecule has 1 amide bonds. The first-order chi connectivity index (χ1) is 14.8. The first kappa shape index (κ1) is 21.6. The quantitative estimate of drug-likeness (QED) is 0.389. The summed E-state index contributed by atoms with van der Waals surface area (Å²) in [5.74, 6) is 0.101. The molecule has 0 spiro atoms. The summed E-state index contributed by atoms with van der Waals surface area (Å²) in [6.45, 7) is 6.97. The molecule has 0 aliphatic rings. The third-order valence-corrected chi connectivity index (χ3v) is 6.72. The Bertz CT molecular complexity index is 1240. The van der Waals surface area contributed by atoms with Gasteiger partial charge in [0.2, 0.25) is 0 Å². The summed E-state index contributed by atoms with van der Waals surface area (Å²) in [6, 6.07) is 10.1. The normalized spacial score (nSPS) is 11.1. The van der Waals surface area contributed by atoms with Crippen molar-refractivity contribution in [1.82, 2.24) is 19.6 Å². The molecule has 0 aliphatic carbocycles. The largest absolute Gasteiger partial charge is 0.303 e. The molecule has 0 atom stereocenters. The van der Waals surface area contributed by atoms with Crippen LogP contribution in [-0.2, 0) is 13.1 Å². The lowest BCUT2D eigenvalue weighted by Gasteiger charge is -2.03. The van der Waals surface area contributed by atoms with E-state index in [1.165, 1.54) is 16.9 Å². The SMILES string of the molecule is Cc1ccc(Cn2cc(Cl)c(NC(=O)c3cc(Cn4nc(C)c(Cl)c4C)cs3)n2)cc1. The maximum atomic E-state index is 12.7. The van der Waals surface area contributed by atoms with E-state index in [9.17, 15) is 4.79 Å². The van der Waals surface area contributed by atoms with Crippen molar-refractivity contribution in [2.75, 3.05) is 5.32 Å². The lowest BCUT2D eigenvalue weighted by atomic mass is 10.1. The molecule has 3 aromatic heterocycles. The molecule has 9 heteroatoms. The third kappa shape index (κ3) is 4.84. The van der Waals surface area contributed by atoms with Crippen LogP contribution in [0.5, 0.6) is 0 Å². The van der Waals surface area contributed by atoms with Crippen LogP contribution in [0.1, 0.15) is 37.7 Å². The van der Waals surface area contributed by atoms with Gasteiger partial charge < -0.3 is 5.32 Å². The Balaban J connectivity index is 1.43. The summed E-state index contributed by atoms with van der Waals surface area (Å²) in [5, 5.41) is 14.7. The van der Waals surface area contributed by atoms with Gasteiger partial charge in [0.1, 0.15) is 5.02 Å². The van der Waals surface area contributed by atoms with E-state index < -0.39 is 0 Å². The fraction of sp³-hybridized carbons (Fsp3) is 0.227. The summed E-state index contributed by atoms with van der Waals surface area (Å²) in [7, 11) is 0. The predicted octanol–water partition coefficient (Wildman–Crippen LogP) is 5.72. The Kier molecular flexibility index (Phi) is 6.18. The van der Waals surface area contributed by atoms with Crippen LogP contribution in [0.4, 0.5) is 5.82 Å². The highest BCUT2D eigenvalue weighted by Gasteiger charge is 2.16. The molecular weight excluding hydrogens is 453 g/mol. The molecular formula is C22H21Cl2N5OS. The molecule has 31 heavy (non-hydrogen) atoms. The Labute approximate surface area is 194 Å². The second-order valence-electron chi connectivity index (χ2n) is 7.42. The first-order valence-corrected chi connectivity index (χ1v) is 11.3. The number of halogens is 2. The summed E-state index contributed by atoms with van der Waals surface area (Å²) >= 11 is 13.9. The van der Waals surface area contributed by atoms with Gasteiger partial charge in [-0.1, -0.05) is 53.0 Å². The van der Waals surface area contributed by atoms with Crippen molar-refractivity contribution in [3.63, 3.8) is 0 Å². The van der Waals surface area contributed by atoms with Crippen molar-refractivity contribution in [3.05, 3.63) is 84.9 Å². The molecule has 4 rings (SSSR count). The van der Waals surface area contributed by atoms with E-state index in [0.29, 0.717) is 33.8 Å². The highest BCUT2D eigenvalue weighted by atomic mass is 35.5. The lowest BCUT2D eigenvalue weighted by molar-refractivity contribution is 0.103. The average Bonchev–Trinajstić information content (AvgIpc) is 3.40. The highest BCUT2D eigenvalue weighted by molar-refractivity contribution is 7.12. The second kappa shape index (κ2) is 8.86. The molecule has 1 N–H and O–H groups in total. The molecule has 0 saturated carbocycles. The van der Waals surface area contributed by atoms with E-state index in [-0.39, 0.29) is 5.91 Å². The minimum Gasteiger partial charge on any atom is -0.303 e. The summed E-state index contributed by atoms with van der Waals surface area (Å²) in [6.07, 6.45) is 1.71. The first-order valence-electron chi connectivity index (χ1n) is 9.67. The van der Waals surface area contributed by atoms with E-state index in [1.807, 2.05) is 49.0 Å². The molecule has 6 nitrogen and oxygen atoms in total. The van der Waals surface area contributed by atoms with Gasteiger partial charge in [-0.05, 0) is 43.3 Å². The van der Waals surface area contributed by atoms with Gasteiger partial charge in [0, 0.05) is 6.20 Å². The van der Waals surface area contributed by atoms with Gasteiger partial charge in [0.15, 0.2) is 5.82 Å². The number of hydrogen-bond acceptors (Lipinski definition) is 4. The van der Waals surface area contributed by atoms with Crippen molar-refractivity contribution in [1.29, 1.82) is 0 Å². The van der Waals surface area contributed by atoms with E-state index in [2.05, 4.69) is 27.6 Å². The van der Waals surface area contributed by atoms with Gasteiger partial charge in [0.05, 0.1) is 34.4 Å². The van der Waals surface area contributed by atoms with Gasteiger partial charge in [-0.2, -0.15) is 10.2 Å². The van der Waals surface area contributed by atoms with E-state index in [4.69, 9.17) is 23.2 Å². The number of rotatable bonds is 6. The number of hydrogen-bond donors (Lipinski definition) is 1. The number of aryl methyl sites for hydroxylation is 2. The van der Waals surface area contributed by atoms with Crippen LogP contribution in [0.3, 0.4) is 0 Å². The van der Waals surface area contributed by atoms with Gasteiger partial charge in [-0.15, -0.1) is 11.3 Å². The minimum absolute atomic E-state index is 0.245. The number of carbonyl (C=O) groups is 1. The number of nitrogens with one attached hydrogen (secondary N) is 1. The van der Waals surface area contributed by atoms with Crippen LogP contribution in [0, 0.1) is 20.8 Å². The topological polar surface area (TPSA) is 64.7 Å². The molecule has 160 valence electrons. The van der Waals surface area contributed by atoms with Gasteiger partial charge in [-0.3, -0.25) is 14.2 Å². The molecule has 0 saturated heterocycles. The Morgan fingerprint density at radius 2 is 1.81 bits per heavy atom. The molecule has 0 radical (unpaired) electrons. The van der Waals surface area contributed by atoms with Crippen LogP contribution in [0.2, 0.25) is 10.0 Å². The molecule has 1 aromatic carbocycles. The van der Waals surface area contributed by atoms with Crippen LogP contribution in [0.25, 0.3) is 0 Å². The fourth-order valence-corrected chi connectivity index (χ4v) is 4.32. The van der Waals surface area contributed by atoms with Crippen molar-refractivity contribution in [3.8, 4) is 0 Å². The molecule has 0 unspecified atom stereocenters. The zero-order valence-electron chi connectivity index (χ0n) is 17.3. The van der Waals surface area contributed by atoms with Gasteiger partial charge in [-0.25, -0.2) is 0 Å². The number of amides is 1. The molecule has 0 bridgehead atoms. The van der Waals surface area contributed by atoms with Crippen LogP contribution in [-0.4, -0.2) is 25.5 Å². The van der Waals surface area contributed by atoms with Crippen molar-refractivity contribution in [2.24, 2.45) is 0 Å². The maximum Gasteiger partial charge on any atom is 0.266 e. The highest BCUT2D eigenvalue weighted by Crippen LogP contribution is 2.24. The van der Waals surface area contributed by atoms with Crippen LogP contribution in [0.15, 0.2) is 41.9 Å². The zero-order chi connectivity index (χ0) is 22.1. The predicted molar refractivity (Wildman–Crippen MR) is 126 cm³/mol. The van der Waals surface area contributed by atoms with Gasteiger partial charge >= 0.3 is 0 Å². The smallest absolute Gasteiger partial charge is 0.266 e. The number of aromatic nitrogens is 4. The minimum atomic E-state index is -0.245. The summed E-state index contributed by atoms with van der Waals surface area (Å²) in [4.78, 5) is 13.3. The third-order valence-electron chi connectivity index (χ3n) is 4.92. The standard InChI is InChI=1S/C22H21Cl2N5OS/c1-13-4-6-16(7-5-13)9-28-11-18(23)21(27-28)25-22(30)19-8-17(12-31-19)10-29-15(3)20(24)14(2)26-29/h4-8,11-12H,9-10H2,1-3H3,(H,25,27,30). The van der Waals surface area contributed by atoms with Crippen molar-refractivity contribution in [2.45, 2.75) is 33.9 Å². The Morgan fingerprint density at radius 1 is 1.06 bits per heavy atom. The van der Waals surface area contributed by atoms with E-state index in [0.717, 1.165) is 22.5 Å². The number of nitrogens with zero attached hydrogens (tertiary/aromatic N) is 4. The molecule has 3 heterocycles. The zero-order valence-corrected chi connectivity index (χ0v) is 19.6. The number of carbonyl (C=O) groups excluding carboxylic acids is 1. The van der Waals surface area contributed by atoms with Crippen molar-refractivity contribution >= 4 is 46.3 Å². The van der Waals surface area contributed by atoms with E-state index in [1.54, 1.807) is 10.9 Å². The monoisotopic (exact) mass is 473 g/mol. The molecule has 4 aromatic rings. The van der Waals surface area contributed by atoms with Gasteiger partial charge in [0.25, 0.3) is 5.91 Å². The summed E-state index contributed by atoms with van der Waals surface area (Å²) in [5.41, 5.74) is 4.99.